The van der Waals surface area contributed by atoms with E-state index in [-0.39, 0.29) is 5.56 Å². The Morgan fingerprint density at radius 2 is 2.00 bits per heavy atom. The van der Waals surface area contributed by atoms with E-state index in [1.54, 1.807) is 0 Å². The lowest BCUT2D eigenvalue weighted by atomic mass is 10.1. The Morgan fingerprint density at radius 3 is 2.44 bits per heavy atom. The Kier molecular flexibility index (Phi) is 4.80. The second kappa shape index (κ2) is 5.92. The van der Waals surface area contributed by atoms with E-state index in [1.807, 2.05) is 0 Å². The molecular formula is C11H11BrFNO4. The van der Waals surface area contributed by atoms with Crippen LogP contribution in [0.3, 0.4) is 0 Å². The molecule has 0 saturated heterocycles. The number of nitrogens with one attached hydrogen (secondary N) is 1. The number of carbonyl (C=O) groups is 2. The molecule has 98 valence electrons. The molecule has 0 aliphatic rings. The average Bonchev–Trinajstić information content (AvgIpc) is 2.23. The molecule has 1 amide bonds. The molecule has 1 aromatic rings. The Balaban J connectivity index is 2.90. The number of aliphatic hydroxyl groups excluding tert-OH is 1. The maximum atomic E-state index is 13.1. The summed E-state index contributed by atoms with van der Waals surface area (Å²) in [5.74, 6) is -2.77. The van der Waals surface area contributed by atoms with Crippen LogP contribution in [0.25, 0.3) is 0 Å². The van der Waals surface area contributed by atoms with Gasteiger partial charge < -0.3 is 15.5 Å². The van der Waals surface area contributed by atoms with Crippen LogP contribution in [0.4, 0.5) is 4.39 Å². The summed E-state index contributed by atoms with van der Waals surface area (Å²) in [6.45, 7) is 1.24. The maximum absolute atomic E-state index is 13.1. The van der Waals surface area contributed by atoms with Gasteiger partial charge in [-0.15, -0.1) is 0 Å². The summed E-state index contributed by atoms with van der Waals surface area (Å²) >= 11 is 3.02. The summed E-state index contributed by atoms with van der Waals surface area (Å²) in [4.78, 5) is 22.5. The third-order valence-corrected chi connectivity index (χ3v) is 2.62. The van der Waals surface area contributed by atoms with Crippen molar-refractivity contribution in [3.05, 3.63) is 34.1 Å². The molecule has 0 fully saturated rings. The third kappa shape index (κ3) is 3.78. The highest BCUT2D eigenvalue weighted by Crippen LogP contribution is 2.15. The van der Waals surface area contributed by atoms with Crippen LogP contribution >= 0.6 is 15.9 Å². The van der Waals surface area contributed by atoms with E-state index < -0.39 is 29.8 Å². The van der Waals surface area contributed by atoms with Gasteiger partial charge in [0.05, 0.1) is 6.10 Å². The van der Waals surface area contributed by atoms with Crippen molar-refractivity contribution in [2.24, 2.45) is 0 Å². The van der Waals surface area contributed by atoms with Gasteiger partial charge >= 0.3 is 5.97 Å². The lowest BCUT2D eigenvalue weighted by molar-refractivity contribution is -0.141. The molecule has 3 N–H and O–H groups in total. The van der Waals surface area contributed by atoms with Gasteiger partial charge in [0.25, 0.3) is 5.91 Å². The van der Waals surface area contributed by atoms with E-state index in [1.165, 1.54) is 19.1 Å². The quantitative estimate of drug-likeness (QED) is 0.777. The first-order valence-corrected chi connectivity index (χ1v) is 5.78. The van der Waals surface area contributed by atoms with E-state index in [2.05, 4.69) is 21.2 Å². The number of amides is 1. The summed E-state index contributed by atoms with van der Waals surface area (Å²) in [7, 11) is 0. The number of carbonyl (C=O) groups excluding carboxylic acids is 1. The fourth-order valence-electron chi connectivity index (χ4n) is 1.30. The molecule has 7 heteroatoms. The maximum Gasteiger partial charge on any atom is 0.328 e. The molecule has 2 atom stereocenters. The zero-order valence-corrected chi connectivity index (χ0v) is 10.9. The van der Waals surface area contributed by atoms with Crippen molar-refractivity contribution in [3.63, 3.8) is 0 Å². The fraction of sp³-hybridized carbons (Fsp3) is 0.273. The zero-order valence-electron chi connectivity index (χ0n) is 9.35. The van der Waals surface area contributed by atoms with Crippen LogP contribution in [0.15, 0.2) is 22.7 Å². The van der Waals surface area contributed by atoms with Crippen molar-refractivity contribution in [3.8, 4) is 0 Å². The second-order valence-corrected chi connectivity index (χ2v) is 4.60. The minimum Gasteiger partial charge on any atom is -0.480 e. The predicted octanol–water partition coefficient (Wildman–Crippen LogP) is 1.15. The predicted molar refractivity (Wildman–Crippen MR) is 64.7 cm³/mol. The minimum atomic E-state index is -1.44. The van der Waals surface area contributed by atoms with Crippen LogP contribution in [0, 0.1) is 5.82 Å². The number of aliphatic hydroxyl groups is 1. The highest BCUT2D eigenvalue weighted by Gasteiger charge is 2.25. The number of hydrogen-bond donors (Lipinski definition) is 3. The van der Waals surface area contributed by atoms with Crippen molar-refractivity contribution in [2.75, 3.05) is 0 Å². The molecule has 0 bridgehead atoms. The largest absolute Gasteiger partial charge is 0.480 e. The molecule has 0 spiro atoms. The Hall–Kier alpha value is -1.47. The highest BCUT2D eigenvalue weighted by atomic mass is 79.9. The number of aliphatic carboxylic acids is 1. The fourth-order valence-corrected chi connectivity index (χ4v) is 1.76. The van der Waals surface area contributed by atoms with Crippen LogP contribution in [0.2, 0.25) is 0 Å². The number of benzene rings is 1. The molecular weight excluding hydrogens is 309 g/mol. The van der Waals surface area contributed by atoms with E-state index in [0.717, 1.165) is 6.07 Å². The van der Waals surface area contributed by atoms with Gasteiger partial charge in [0.15, 0.2) is 6.04 Å². The zero-order chi connectivity index (χ0) is 13.9. The topological polar surface area (TPSA) is 86.6 Å². The SMILES string of the molecule is C[C@@H](O)[C@H](NC(=O)c1cc(F)cc(Br)c1)C(=O)O. The first-order chi connectivity index (χ1) is 8.31. The summed E-state index contributed by atoms with van der Waals surface area (Å²) in [5, 5.41) is 20.1. The van der Waals surface area contributed by atoms with Gasteiger partial charge in [-0.3, -0.25) is 4.79 Å². The van der Waals surface area contributed by atoms with Gasteiger partial charge in [-0.25, -0.2) is 9.18 Å². The molecule has 0 radical (unpaired) electrons. The third-order valence-electron chi connectivity index (χ3n) is 2.16. The monoisotopic (exact) mass is 319 g/mol. The van der Waals surface area contributed by atoms with Crippen molar-refractivity contribution in [1.29, 1.82) is 0 Å². The molecule has 1 aromatic carbocycles. The van der Waals surface area contributed by atoms with Gasteiger partial charge in [-0.2, -0.15) is 0 Å². The van der Waals surface area contributed by atoms with Crippen molar-refractivity contribution >= 4 is 27.8 Å². The molecule has 1 rings (SSSR count). The smallest absolute Gasteiger partial charge is 0.328 e. The van der Waals surface area contributed by atoms with E-state index in [4.69, 9.17) is 5.11 Å². The van der Waals surface area contributed by atoms with Gasteiger partial charge in [-0.05, 0) is 25.1 Å². The van der Waals surface area contributed by atoms with Crippen molar-refractivity contribution in [1.82, 2.24) is 5.32 Å². The molecule has 0 aliphatic carbocycles. The van der Waals surface area contributed by atoms with Crippen molar-refractivity contribution in [2.45, 2.75) is 19.1 Å². The Labute approximate surface area is 111 Å². The standard InChI is InChI=1S/C11H11BrFNO4/c1-5(15)9(11(17)18)14-10(16)6-2-7(12)4-8(13)3-6/h2-5,9,15H,1H3,(H,14,16)(H,17,18)/t5-,9+/m1/s1. The van der Waals surface area contributed by atoms with Gasteiger partial charge in [0, 0.05) is 10.0 Å². The lowest BCUT2D eigenvalue weighted by Gasteiger charge is -2.17. The number of carboxylic acid groups (broad SMARTS) is 1. The van der Waals surface area contributed by atoms with Gasteiger partial charge in [0.1, 0.15) is 5.82 Å². The number of halogens is 2. The van der Waals surface area contributed by atoms with Crippen LogP contribution < -0.4 is 5.32 Å². The van der Waals surface area contributed by atoms with Crippen molar-refractivity contribution < 1.29 is 24.2 Å². The first-order valence-electron chi connectivity index (χ1n) is 4.99. The number of rotatable bonds is 4. The Morgan fingerprint density at radius 1 is 1.39 bits per heavy atom. The van der Waals surface area contributed by atoms with Crippen LogP contribution in [-0.4, -0.2) is 34.2 Å². The second-order valence-electron chi connectivity index (χ2n) is 3.69. The molecule has 0 saturated carbocycles. The van der Waals surface area contributed by atoms with Gasteiger partial charge in [-0.1, -0.05) is 15.9 Å². The van der Waals surface area contributed by atoms with Gasteiger partial charge in [0.2, 0.25) is 0 Å². The highest BCUT2D eigenvalue weighted by molar-refractivity contribution is 9.10. The summed E-state index contributed by atoms with van der Waals surface area (Å²) in [6.07, 6.45) is -1.26. The summed E-state index contributed by atoms with van der Waals surface area (Å²) < 4.78 is 13.4. The van der Waals surface area contributed by atoms with E-state index in [9.17, 15) is 19.1 Å². The minimum absolute atomic E-state index is 0.0335. The Bertz CT molecular complexity index is 458. The number of hydrogen-bond acceptors (Lipinski definition) is 3. The molecule has 0 heterocycles. The van der Waals surface area contributed by atoms with Crippen LogP contribution in [0.5, 0.6) is 0 Å². The van der Waals surface area contributed by atoms with Crippen LogP contribution in [-0.2, 0) is 4.79 Å². The first kappa shape index (κ1) is 14.6. The molecule has 5 nitrogen and oxygen atoms in total. The average molecular weight is 320 g/mol. The molecule has 0 aliphatic heterocycles. The number of carboxylic acids is 1. The lowest BCUT2D eigenvalue weighted by Crippen LogP contribution is -2.47. The molecule has 0 aromatic heterocycles. The summed E-state index contributed by atoms with van der Waals surface area (Å²) in [5.41, 5.74) is -0.0335. The van der Waals surface area contributed by atoms with Crippen LogP contribution in [0.1, 0.15) is 17.3 Å². The summed E-state index contributed by atoms with van der Waals surface area (Å²) in [6, 6.07) is 2.04. The normalized spacial score (nSPS) is 13.8. The van der Waals surface area contributed by atoms with E-state index in [0.29, 0.717) is 4.47 Å². The van der Waals surface area contributed by atoms with E-state index >= 15 is 0 Å². The molecule has 18 heavy (non-hydrogen) atoms. The molecule has 0 unspecified atom stereocenters.